The van der Waals surface area contributed by atoms with Gasteiger partial charge in [0, 0.05) is 30.1 Å². The van der Waals surface area contributed by atoms with E-state index >= 15 is 0 Å². The van der Waals surface area contributed by atoms with Crippen LogP contribution in [-0.4, -0.2) is 41.8 Å². The van der Waals surface area contributed by atoms with Crippen LogP contribution in [0, 0.1) is 19.8 Å². The Labute approximate surface area is 181 Å². The highest BCUT2D eigenvalue weighted by Gasteiger charge is 2.28. The molecule has 1 fully saturated rings. The topological polar surface area (TPSA) is 71.3 Å². The highest BCUT2D eigenvalue weighted by Crippen LogP contribution is 2.32. The third-order valence-corrected chi connectivity index (χ3v) is 6.65. The average molecular weight is 425 g/mol. The van der Waals surface area contributed by atoms with Crippen molar-refractivity contribution >= 4 is 34.6 Å². The summed E-state index contributed by atoms with van der Waals surface area (Å²) >= 11 is 1.74. The van der Waals surface area contributed by atoms with Gasteiger partial charge in [0.25, 0.3) is 0 Å². The van der Waals surface area contributed by atoms with Gasteiger partial charge in [0.05, 0.1) is 11.3 Å². The second-order valence-corrected chi connectivity index (χ2v) is 8.71. The Morgan fingerprint density at radius 1 is 1.27 bits per heavy atom. The minimum absolute atomic E-state index is 0.0315. The fourth-order valence-corrected chi connectivity index (χ4v) is 4.46. The second-order valence-electron chi connectivity index (χ2n) is 7.83. The molecule has 158 valence electrons. The van der Waals surface area contributed by atoms with Crippen molar-refractivity contribution in [1.29, 1.82) is 0 Å². The molecule has 3 heterocycles. The standard InChI is InChI=1S/C23H28N4O2S/c1-15-16(2)29-23-20(15)21(25-14-26-23)27-12-4-5-18(13-27)22(28)24-11-10-17-6-8-19(30-3)9-7-17/h6-9,14,18H,4-5,10-13H2,1-3H3,(H,24,28)/t18-/m0/s1. The van der Waals surface area contributed by atoms with Gasteiger partial charge in [-0.05, 0) is 57.1 Å². The SMILES string of the molecule is CSc1ccc(CCNC(=O)[C@H]2CCCN(c3ncnc4oc(C)c(C)c34)C2)cc1. The number of anilines is 1. The zero-order valence-corrected chi connectivity index (χ0v) is 18.6. The number of carbonyl (C=O) groups is 1. The van der Waals surface area contributed by atoms with E-state index in [2.05, 4.69) is 50.7 Å². The van der Waals surface area contributed by atoms with Gasteiger partial charge in [-0.1, -0.05) is 12.1 Å². The first-order chi connectivity index (χ1) is 14.6. The molecule has 30 heavy (non-hydrogen) atoms. The van der Waals surface area contributed by atoms with Crippen LogP contribution in [-0.2, 0) is 11.2 Å². The van der Waals surface area contributed by atoms with Crippen LogP contribution in [0.3, 0.4) is 0 Å². The number of furan rings is 1. The summed E-state index contributed by atoms with van der Waals surface area (Å²) in [4.78, 5) is 25.1. The number of thioether (sulfide) groups is 1. The van der Waals surface area contributed by atoms with Gasteiger partial charge in [-0.25, -0.2) is 9.97 Å². The summed E-state index contributed by atoms with van der Waals surface area (Å²) in [6.45, 7) is 6.20. The molecule has 1 N–H and O–H groups in total. The van der Waals surface area contributed by atoms with Crippen LogP contribution in [0.1, 0.15) is 29.7 Å². The van der Waals surface area contributed by atoms with E-state index in [1.54, 1.807) is 18.1 Å². The second kappa shape index (κ2) is 9.08. The minimum Gasteiger partial charge on any atom is -0.443 e. The molecule has 1 amide bonds. The van der Waals surface area contributed by atoms with Crippen LogP contribution < -0.4 is 10.2 Å². The predicted octanol–water partition coefficient (Wildman–Crippen LogP) is 4.14. The molecule has 1 aromatic carbocycles. The lowest BCUT2D eigenvalue weighted by Gasteiger charge is -2.33. The number of piperidine rings is 1. The van der Waals surface area contributed by atoms with Crippen molar-refractivity contribution in [3.05, 3.63) is 47.5 Å². The highest BCUT2D eigenvalue weighted by molar-refractivity contribution is 7.98. The van der Waals surface area contributed by atoms with Crippen molar-refractivity contribution < 1.29 is 9.21 Å². The molecule has 6 nitrogen and oxygen atoms in total. The Hall–Kier alpha value is -2.54. The van der Waals surface area contributed by atoms with Gasteiger partial charge in [-0.2, -0.15) is 0 Å². The van der Waals surface area contributed by atoms with E-state index in [0.717, 1.165) is 48.3 Å². The van der Waals surface area contributed by atoms with Gasteiger partial charge in [-0.3, -0.25) is 4.79 Å². The lowest BCUT2D eigenvalue weighted by Crippen LogP contribution is -2.43. The lowest BCUT2D eigenvalue weighted by molar-refractivity contribution is -0.125. The summed E-state index contributed by atoms with van der Waals surface area (Å²) in [6.07, 6.45) is 6.34. The molecule has 1 aliphatic rings. The van der Waals surface area contributed by atoms with Gasteiger partial charge in [0.15, 0.2) is 0 Å². The molecule has 1 aliphatic heterocycles. The number of aryl methyl sites for hydroxylation is 2. The first-order valence-electron chi connectivity index (χ1n) is 10.4. The Kier molecular flexibility index (Phi) is 6.27. The van der Waals surface area contributed by atoms with Crippen LogP contribution in [0.5, 0.6) is 0 Å². The van der Waals surface area contributed by atoms with Gasteiger partial charge < -0.3 is 14.6 Å². The number of amides is 1. The highest BCUT2D eigenvalue weighted by atomic mass is 32.2. The first kappa shape index (κ1) is 20.7. The molecule has 3 aromatic rings. The molecule has 0 spiro atoms. The molecule has 0 unspecified atom stereocenters. The Balaban J connectivity index is 1.38. The summed E-state index contributed by atoms with van der Waals surface area (Å²) in [7, 11) is 0. The summed E-state index contributed by atoms with van der Waals surface area (Å²) < 4.78 is 5.76. The molecular formula is C23H28N4O2S. The normalized spacial score (nSPS) is 16.8. The Morgan fingerprint density at radius 2 is 2.07 bits per heavy atom. The van der Waals surface area contributed by atoms with Crippen molar-refractivity contribution in [3.8, 4) is 0 Å². The van der Waals surface area contributed by atoms with Crippen LogP contribution in [0.15, 0.2) is 39.9 Å². The monoisotopic (exact) mass is 424 g/mol. The Bertz CT molecular complexity index is 1030. The van der Waals surface area contributed by atoms with Crippen molar-refractivity contribution in [2.75, 3.05) is 30.8 Å². The zero-order valence-electron chi connectivity index (χ0n) is 17.8. The summed E-state index contributed by atoms with van der Waals surface area (Å²) in [5.41, 5.74) is 2.93. The molecule has 0 saturated carbocycles. The number of benzene rings is 1. The van der Waals surface area contributed by atoms with Gasteiger partial charge in [0.1, 0.15) is 17.9 Å². The quantitative estimate of drug-likeness (QED) is 0.600. The van der Waals surface area contributed by atoms with E-state index in [1.807, 2.05) is 13.8 Å². The number of carbonyl (C=O) groups excluding carboxylic acids is 1. The average Bonchev–Trinajstić information content (AvgIpc) is 3.08. The maximum absolute atomic E-state index is 12.8. The molecule has 2 aromatic heterocycles. The largest absolute Gasteiger partial charge is 0.443 e. The van der Waals surface area contributed by atoms with E-state index in [1.165, 1.54) is 10.5 Å². The predicted molar refractivity (Wildman–Crippen MR) is 121 cm³/mol. The van der Waals surface area contributed by atoms with Crippen molar-refractivity contribution in [2.24, 2.45) is 5.92 Å². The van der Waals surface area contributed by atoms with Crippen LogP contribution >= 0.6 is 11.8 Å². The molecule has 0 radical (unpaired) electrons. The third kappa shape index (κ3) is 4.31. The van der Waals surface area contributed by atoms with Crippen LogP contribution in [0.2, 0.25) is 0 Å². The number of fused-ring (bicyclic) bond motifs is 1. The summed E-state index contributed by atoms with van der Waals surface area (Å²) in [5, 5.41) is 4.09. The maximum Gasteiger partial charge on any atom is 0.231 e. The maximum atomic E-state index is 12.8. The number of nitrogens with zero attached hydrogens (tertiary/aromatic N) is 3. The summed E-state index contributed by atoms with van der Waals surface area (Å²) in [6, 6.07) is 8.53. The smallest absolute Gasteiger partial charge is 0.231 e. The fraction of sp³-hybridized carbons (Fsp3) is 0.435. The molecule has 1 saturated heterocycles. The van der Waals surface area contributed by atoms with Gasteiger partial charge >= 0.3 is 0 Å². The van der Waals surface area contributed by atoms with Gasteiger partial charge in [-0.15, -0.1) is 11.8 Å². The van der Waals surface area contributed by atoms with Crippen molar-refractivity contribution in [2.45, 2.75) is 38.0 Å². The third-order valence-electron chi connectivity index (χ3n) is 5.91. The van der Waals surface area contributed by atoms with E-state index in [4.69, 9.17) is 4.42 Å². The first-order valence-corrected chi connectivity index (χ1v) is 11.7. The van der Waals surface area contributed by atoms with E-state index < -0.39 is 0 Å². The van der Waals surface area contributed by atoms with Crippen molar-refractivity contribution in [1.82, 2.24) is 15.3 Å². The molecule has 7 heteroatoms. The van der Waals surface area contributed by atoms with E-state index in [-0.39, 0.29) is 11.8 Å². The van der Waals surface area contributed by atoms with Crippen LogP contribution in [0.4, 0.5) is 5.82 Å². The molecule has 0 bridgehead atoms. The van der Waals surface area contributed by atoms with E-state index in [9.17, 15) is 4.79 Å². The number of nitrogens with one attached hydrogen (secondary N) is 1. The molecule has 0 aliphatic carbocycles. The minimum atomic E-state index is -0.0315. The molecule has 1 atom stereocenters. The fourth-order valence-electron chi connectivity index (χ4n) is 4.05. The number of hydrogen-bond acceptors (Lipinski definition) is 6. The number of rotatable bonds is 6. The van der Waals surface area contributed by atoms with Crippen molar-refractivity contribution in [3.63, 3.8) is 0 Å². The summed E-state index contributed by atoms with van der Waals surface area (Å²) in [5.74, 6) is 1.84. The van der Waals surface area contributed by atoms with Gasteiger partial charge in [0.2, 0.25) is 11.6 Å². The Morgan fingerprint density at radius 3 is 2.83 bits per heavy atom. The lowest BCUT2D eigenvalue weighted by atomic mass is 9.96. The molecule has 4 rings (SSSR count). The zero-order chi connectivity index (χ0) is 21.1. The number of hydrogen-bond donors (Lipinski definition) is 1. The van der Waals surface area contributed by atoms with E-state index in [0.29, 0.717) is 18.8 Å². The molecular weight excluding hydrogens is 396 g/mol. The number of aromatic nitrogens is 2. The van der Waals surface area contributed by atoms with Crippen LogP contribution in [0.25, 0.3) is 11.1 Å².